The summed E-state index contributed by atoms with van der Waals surface area (Å²) < 4.78 is 5.87. The minimum absolute atomic E-state index is 0.682. The van der Waals surface area contributed by atoms with Gasteiger partial charge < -0.3 is 4.74 Å². The number of hydrogen-bond donors (Lipinski definition) is 0. The molecule has 0 aromatic heterocycles. The predicted octanol–water partition coefficient (Wildman–Crippen LogP) is 8.36. The van der Waals surface area contributed by atoms with Crippen molar-refractivity contribution in [2.45, 2.75) is 57.8 Å². The Bertz CT molecular complexity index is 838. The van der Waals surface area contributed by atoms with Crippen LogP contribution in [0.1, 0.15) is 74.5 Å². The van der Waals surface area contributed by atoms with Gasteiger partial charge in [0.15, 0.2) is 0 Å². The van der Waals surface area contributed by atoms with Crippen molar-refractivity contribution < 1.29 is 4.74 Å². The number of hydrogen-bond acceptors (Lipinski definition) is 2. The van der Waals surface area contributed by atoms with Crippen LogP contribution >= 0.6 is 0 Å². The third-order valence-electron chi connectivity index (χ3n) is 5.19. The Balaban J connectivity index is 1.52. The number of benzene rings is 2. The monoisotopic (exact) mass is 413 g/mol. The fourth-order valence-electron chi connectivity index (χ4n) is 3.34. The predicted molar refractivity (Wildman–Crippen MR) is 133 cm³/mol. The van der Waals surface area contributed by atoms with Gasteiger partial charge >= 0.3 is 0 Å². The van der Waals surface area contributed by atoms with E-state index in [1.54, 1.807) is 0 Å². The molecule has 2 aromatic carbocycles. The van der Waals surface area contributed by atoms with E-state index in [4.69, 9.17) is 10.00 Å². The van der Waals surface area contributed by atoms with Crippen LogP contribution in [0.3, 0.4) is 0 Å². The van der Waals surface area contributed by atoms with E-state index < -0.39 is 0 Å². The number of nitrogens with zero attached hydrogens (tertiary/aromatic N) is 1. The molecular weight excluding hydrogens is 378 g/mol. The highest BCUT2D eigenvalue weighted by Crippen LogP contribution is 2.16. The first kappa shape index (κ1) is 24.2. The minimum Gasteiger partial charge on any atom is -0.494 e. The van der Waals surface area contributed by atoms with Crippen LogP contribution in [0.4, 0.5) is 0 Å². The van der Waals surface area contributed by atoms with Crippen LogP contribution in [0, 0.1) is 11.3 Å². The van der Waals surface area contributed by atoms with Crippen LogP contribution in [0.5, 0.6) is 5.75 Å². The standard InChI is InChI=1S/C29H35NO/c1-2-3-4-5-6-7-8-9-10-11-12-13-24-31-29-22-20-27(21-23-29)15-14-26-16-18-28(25-30)19-17-26/h2-4,14-23H,1,5-13,24H2/b4-3+,15-14+. The summed E-state index contributed by atoms with van der Waals surface area (Å²) >= 11 is 0. The highest BCUT2D eigenvalue weighted by Gasteiger charge is 1.96. The average Bonchev–Trinajstić information content (AvgIpc) is 2.82. The Hall–Kier alpha value is -3.05. The summed E-state index contributed by atoms with van der Waals surface area (Å²) in [4.78, 5) is 0. The first-order valence-electron chi connectivity index (χ1n) is 11.5. The minimum atomic E-state index is 0.682. The zero-order valence-corrected chi connectivity index (χ0v) is 18.6. The zero-order valence-electron chi connectivity index (χ0n) is 18.6. The molecule has 0 radical (unpaired) electrons. The van der Waals surface area contributed by atoms with Crippen molar-refractivity contribution in [2.24, 2.45) is 0 Å². The van der Waals surface area contributed by atoms with Crippen molar-refractivity contribution in [2.75, 3.05) is 6.61 Å². The van der Waals surface area contributed by atoms with Crippen molar-refractivity contribution in [3.8, 4) is 11.8 Å². The van der Waals surface area contributed by atoms with E-state index in [0.29, 0.717) is 5.56 Å². The molecular formula is C29H35NO. The van der Waals surface area contributed by atoms with Gasteiger partial charge in [0.1, 0.15) is 5.75 Å². The topological polar surface area (TPSA) is 33.0 Å². The molecule has 0 fully saturated rings. The number of ether oxygens (including phenoxy) is 1. The molecule has 2 aromatic rings. The summed E-state index contributed by atoms with van der Waals surface area (Å²) in [5.74, 6) is 0.932. The van der Waals surface area contributed by atoms with Crippen LogP contribution in [0.25, 0.3) is 12.2 Å². The second kappa shape index (κ2) is 15.7. The Kier molecular flexibility index (Phi) is 12.3. The molecule has 0 aliphatic heterocycles. The van der Waals surface area contributed by atoms with Crippen LogP contribution in [-0.4, -0.2) is 6.61 Å². The van der Waals surface area contributed by atoms with E-state index >= 15 is 0 Å². The van der Waals surface area contributed by atoms with E-state index in [2.05, 4.69) is 43.0 Å². The largest absolute Gasteiger partial charge is 0.494 e. The van der Waals surface area contributed by atoms with E-state index in [1.807, 2.05) is 48.6 Å². The van der Waals surface area contributed by atoms with Gasteiger partial charge in [0, 0.05) is 0 Å². The van der Waals surface area contributed by atoms with Crippen molar-refractivity contribution in [1.82, 2.24) is 0 Å². The maximum atomic E-state index is 8.85. The van der Waals surface area contributed by atoms with E-state index in [-0.39, 0.29) is 0 Å². The average molecular weight is 414 g/mol. The number of rotatable bonds is 15. The maximum absolute atomic E-state index is 8.85. The van der Waals surface area contributed by atoms with Crippen molar-refractivity contribution in [3.05, 3.63) is 90.0 Å². The lowest BCUT2D eigenvalue weighted by molar-refractivity contribution is 0.304. The van der Waals surface area contributed by atoms with E-state index in [0.717, 1.165) is 29.9 Å². The molecule has 2 heteroatoms. The summed E-state index contributed by atoms with van der Waals surface area (Å²) in [6, 6.07) is 17.9. The third-order valence-corrected chi connectivity index (χ3v) is 5.19. The van der Waals surface area contributed by atoms with Gasteiger partial charge in [-0.05, 0) is 54.7 Å². The van der Waals surface area contributed by atoms with E-state index in [1.165, 1.54) is 51.4 Å². The van der Waals surface area contributed by atoms with Gasteiger partial charge in [-0.1, -0.05) is 99.7 Å². The number of allylic oxidation sites excluding steroid dienone is 3. The van der Waals surface area contributed by atoms with Gasteiger partial charge in [-0.2, -0.15) is 5.26 Å². The molecule has 0 spiro atoms. The van der Waals surface area contributed by atoms with Gasteiger partial charge in [0.2, 0.25) is 0 Å². The second-order valence-corrected chi connectivity index (χ2v) is 7.77. The molecule has 0 amide bonds. The highest BCUT2D eigenvalue weighted by atomic mass is 16.5. The first-order chi connectivity index (χ1) is 15.3. The first-order valence-corrected chi connectivity index (χ1v) is 11.5. The Morgan fingerprint density at radius 1 is 0.742 bits per heavy atom. The normalized spacial score (nSPS) is 11.1. The summed E-state index contributed by atoms with van der Waals surface area (Å²) in [5.41, 5.74) is 2.90. The number of unbranched alkanes of at least 4 members (excludes halogenated alkanes) is 8. The molecule has 0 saturated heterocycles. The molecule has 162 valence electrons. The van der Waals surface area contributed by atoms with Gasteiger partial charge in [-0.25, -0.2) is 0 Å². The Morgan fingerprint density at radius 2 is 1.29 bits per heavy atom. The highest BCUT2D eigenvalue weighted by molar-refractivity contribution is 5.70. The molecule has 2 nitrogen and oxygen atoms in total. The Morgan fingerprint density at radius 3 is 1.87 bits per heavy atom. The maximum Gasteiger partial charge on any atom is 0.119 e. The molecule has 0 heterocycles. The SMILES string of the molecule is C=C/C=C/CCCCCCCCCCOc1ccc(/C=C/c2ccc(C#N)cc2)cc1. The summed E-state index contributed by atoms with van der Waals surface area (Å²) in [6.45, 7) is 4.47. The molecule has 0 atom stereocenters. The molecule has 0 N–H and O–H groups in total. The Labute approximate surface area is 188 Å². The third kappa shape index (κ3) is 11.1. The van der Waals surface area contributed by atoms with Crippen LogP contribution in [0.15, 0.2) is 73.3 Å². The summed E-state index contributed by atoms with van der Waals surface area (Å²) in [7, 11) is 0. The molecule has 31 heavy (non-hydrogen) atoms. The van der Waals surface area contributed by atoms with Crippen molar-refractivity contribution >= 4 is 12.2 Å². The molecule has 0 unspecified atom stereocenters. The number of nitriles is 1. The zero-order chi connectivity index (χ0) is 22.0. The molecule has 2 rings (SSSR count). The van der Waals surface area contributed by atoms with Crippen LogP contribution in [0.2, 0.25) is 0 Å². The van der Waals surface area contributed by atoms with Gasteiger partial charge in [0.25, 0.3) is 0 Å². The van der Waals surface area contributed by atoms with Crippen LogP contribution < -0.4 is 4.74 Å². The van der Waals surface area contributed by atoms with Gasteiger partial charge in [-0.15, -0.1) is 0 Å². The second-order valence-electron chi connectivity index (χ2n) is 7.77. The van der Waals surface area contributed by atoms with E-state index in [9.17, 15) is 0 Å². The fourth-order valence-corrected chi connectivity index (χ4v) is 3.34. The summed E-state index contributed by atoms with van der Waals surface area (Å²) in [5, 5.41) is 8.85. The smallest absolute Gasteiger partial charge is 0.119 e. The fraction of sp³-hybridized carbons (Fsp3) is 0.345. The molecule has 0 bridgehead atoms. The molecule has 0 saturated carbocycles. The lowest BCUT2D eigenvalue weighted by Gasteiger charge is -2.06. The van der Waals surface area contributed by atoms with Gasteiger partial charge in [-0.3, -0.25) is 0 Å². The summed E-state index contributed by atoms with van der Waals surface area (Å²) in [6.07, 6.45) is 21.7. The van der Waals surface area contributed by atoms with Crippen LogP contribution in [-0.2, 0) is 0 Å². The van der Waals surface area contributed by atoms with Gasteiger partial charge in [0.05, 0.1) is 18.2 Å². The van der Waals surface area contributed by atoms with Crippen molar-refractivity contribution in [1.29, 1.82) is 5.26 Å². The lowest BCUT2D eigenvalue weighted by atomic mass is 10.1. The lowest BCUT2D eigenvalue weighted by Crippen LogP contribution is -1.97. The van der Waals surface area contributed by atoms with Crippen molar-refractivity contribution in [3.63, 3.8) is 0 Å². The molecule has 0 aliphatic carbocycles. The quantitative estimate of drug-likeness (QED) is 0.167. The molecule has 0 aliphatic rings.